The Hall–Kier alpha value is -3.61. The molecule has 0 saturated heterocycles. The molecule has 2 aromatic rings. The summed E-state index contributed by atoms with van der Waals surface area (Å²) >= 11 is 0. The fourth-order valence-corrected chi connectivity index (χ4v) is 2.90. The number of fused-ring (bicyclic) bond motifs is 1. The second kappa shape index (κ2) is 7.33. The normalized spacial score (nSPS) is 13.7. The lowest BCUT2D eigenvalue weighted by molar-refractivity contribution is -0.115. The summed E-state index contributed by atoms with van der Waals surface area (Å²) in [6, 6.07) is 10.4. The zero-order chi connectivity index (χ0) is 19.6. The lowest BCUT2D eigenvalue weighted by Crippen LogP contribution is -2.06. The maximum absolute atomic E-state index is 12.5. The molecule has 1 aliphatic heterocycles. The highest BCUT2D eigenvalue weighted by Crippen LogP contribution is 2.36. The number of anilines is 3. The van der Waals surface area contributed by atoms with E-state index in [-0.39, 0.29) is 17.7 Å². The summed E-state index contributed by atoms with van der Waals surface area (Å²) in [5.74, 6) is -0.0486. The summed E-state index contributed by atoms with van der Waals surface area (Å²) in [5.41, 5.74) is 3.68. The van der Waals surface area contributed by atoms with Crippen LogP contribution in [-0.2, 0) is 14.4 Å². The van der Waals surface area contributed by atoms with E-state index >= 15 is 0 Å². The fraction of sp³-hybridized carbons (Fsp3) is 0.150. The first-order valence-electron chi connectivity index (χ1n) is 8.28. The molecule has 3 amide bonds. The number of methoxy groups -OCH3 is 1. The van der Waals surface area contributed by atoms with E-state index in [1.165, 1.54) is 21.0 Å². The van der Waals surface area contributed by atoms with E-state index < -0.39 is 0 Å². The van der Waals surface area contributed by atoms with Gasteiger partial charge in [-0.15, -0.1) is 0 Å². The number of hydrogen-bond donors (Lipinski definition) is 3. The monoisotopic (exact) mass is 365 g/mol. The molecule has 0 saturated carbocycles. The third kappa shape index (κ3) is 3.98. The van der Waals surface area contributed by atoms with Crippen molar-refractivity contribution in [2.75, 3.05) is 23.1 Å². The van der Waals surface area contributed by atoms with Gasteiger partial charge >= 0.3 is 0 Å². The van der Waals surface area contributed by atoms with Gasteiger partial charge in [0.15, 0.2) is 0 Å². The standard InChI is InChI=1S/C20H19N3O4/c1-11(24)21-14-5-7-19(27-3)13(8-14)9-17-16-6-4-15(22-12(2)25)10-18(16)23-20(17)26/h4-10H,1-3H3,(H,21,24)(H,22,25)(H,23,26). The van der Waals surface area contributed by atoms with Crippen LogP contribution in [0.4, 0.5) is 17.1 Å². The number of carbonyl (C=O) groups is 3. The first-order valence-corrected chi connectivity index (χ1v) is 8.28. The number of carbonyl (C=O) groups excluding carboxylic acids is 3. The van der Waals surface area contributed by atoms with Crippen LogP contribution in [0.1, 0.15) is 25.0 Å². The van der Waals surface area contributed by atoms with Crippen molar-refractivity contribution in [3.8, 4) is 5.75 Å². The Morgan fingerprint density at radius 1 is 1.00 bits per heavy atom. The van der Waals surface area contributed by atoms with Crippen LogP contribution in [0.2, 0.25) is 0 Å². The van der Waals surface area contributed by atoms with Gasteiger partial charge in [-0.25, -0.2) is 0 Å². The van der Waals surface area contributed by atoms with Gasteiger partial charge < -0.3 is 20.7 Å². The van der Waals surface area contributed by atoms with E-state index in [2.05, 4.69) is 16.0 Å². The van der Waals surface area contributed by atoms with Crippen molar-refractivity contribution in [3.05, 3.63) is 47.5 Å². The van der Waals surface area contributed by atoms with Gasteiger partial charge in [-0.2, -0.15) is 0 Å². The second-order valence-electron chi connectivity index (χ2n) is 6.09. The van der Waals surface area contributed by atoms with E-state index in [0.717, 1.165) is 5.56 Å². The number of rotatable bonds is 4. The zero-order valence-electron chi connectivity index (χ0n) is 15.2. The third-order valence-corrected chi connectivity index (χ3v) is 3.97. The van der Waals surface area contributed by atoms with Crippen LogP contribution in [0.25, 0.3) is 11.6 Å². The van der Waals surface area contributed by atoms with E-state index in [1.807, 2.05) is 0 Å². The van der Waals surface area contributed by atoms with Crippen LogP contribution in [-0.4, -0.2) is 24.8 Å². The van der Waals surface area contributed by atoms with Gasteiger partial charge in [-0.1, -0.05) is 6.07 Å². The quantitative estimate of drug-likeness (QED) is 0.726. The van der Waals surface area contributed by atoms with Crippen molar-refractivity contribution in [1.29, 1.82) is 0 Å². The Morgan fingerprint density at radius 2 is 1.63 bits per heavy atom. The average Bonchev–Trinajstić information content (AvgIpc) is 2.89. The molecule has 27 heavy (non-hydrogen) atoms. The van der Waals surface area contributed by atoms with E-state index in [4.69, 9.17) is 4.74 Å². The molecule has 7 nitrogen and oxygen atoms in total. The van der Waals surface area contributed by atoms with Crippen LogP contribution in [0.15, 0.2) is 36.4 Å². The second-order valence-corrected chi connectivity index (χ2v) is 6.09. The number of nitrogens with one attached hydrogen (secondary N) is 3. The van der Waals surface area contributed by atoms with Crippen LogP contribution in [0.5, 0.6) is 5.75 Å². The van der Waals surface area contributed by atoms with Gasteiger partial charge in [-0.3, -0.25) is 14.4 Å². The Labute approximate surface area is 156 Å². The molecule has 2 aromatic carbocycles. The van der Waals surface area contributed by atoms with Crippen molar-refractivity contribution in [3.63, 3.8) is 0 Å². The summed E-state index contributed by atoms with van der Waals surface area (Å²) in [4.78, 5) is 35.0. The number of ether oxygens (including phenoxy) is 1. The Kier molecular flexibility index (Phi) is 4.94. The zero-order valence-corrected chi connectivity index (χ0v) is 15.2. The lowest BCUT2D eigenvalue weighted by atomic mass is 10.0. The highest BCUT2D eigenvalue weighted by Gasteiger charge is 2.25. The topological polar surface area (TPSA) is 96.5 Å². The molecule has 3 N–H and O–H groups in total. The molecule has 7 heteroatoms. The number of amides is 3. The molecular formula is C20H19N3O4. The molecule has 3 rings (SSSR count). The van der Waals surface area contributed by atoms with Crippen molar-refractivity contribution >= 4 is 46.4 Å². The lowest BCUT2D eigenvalue weighted by Gasteiger charge is -2.09. The minimum Gasteiger partial charge on any atom is -0.496 e. The molecule has 1 heterocycles. The first-order chi connectivity index (χ1) is 12.9. The van der Waals surface area contributed by atoms with Gasteiger partial charge in [0, 0.05) is 41.9 Å². The van der Waals surface area contributed by atoms with E-state index in [9.17, 15) is 14.4 Å². The first kappa shape index (κ1) is 18.2. The summed E-state index contributed by atoms with van der Waals surface area (Å²) in [7, 11) is 1.54. The summed E-state index contributed by atoms with van der Waals surface area (Å²) in [5, 5.41) is 8.20. The van der Waals surface area contributed by atoms with Crippen molar-refractivity contribution in [2.24, 2.45) is 0 Å². The van der Waals surface area contributed by atoms with Gasteiger partial charge in [0.05, 0.1) is 12.8 Å². The van der Waals surface area contributed by atoms with E-state index in [0.29, 0.717) is 33.9 Å². The van der Waals surface area contributed by atoms with Crippen LogP contribution >= 0.6 is 0 Å². The number of hydrogen-bond acceptors (Lipinski definition) is 4. The highest BCUT2D eigenvalue weighted by molar-refractivity contribution is 6.35. The van der Waals surface area contributed by atoms with Gasteiger partial charge in [0.1, 0.15) is 5.75 Å². The molecule has 0 aromatic heterocycles. The van der Waals surface area contributed by atoms with Crippen LogP contribution in [0, 0.1) is 0 Å². The summed E-state index contributed by atoms with van der Waals surface area (Å²) in [6.45, 7) is 2.85. The molecule has 0 radical (unpaired) electrons. The summed E-state index contributed by atoms with van der Waals surface area (Å²) in [6.07, 6.45) is 1.71. The SMILES string of the molecule is COc1ccc(NC(C)=O)cc1C=C1C(=O)Nc2cc(NC(C)=O)ccc21. The Bertz CT molecular complexity index is 979. The van der Waals surface area contributed by atoms with Gasteiger partial charge in [0.2, 0.25) is 11.8 Å². The van der Waals surface area contributed by atoms with Gasteiger partial charge in [-0.05, 0) is 36.4 Å². The third-order valence-electron chi connectivity index (χ3n) is 3.97. The molecule has 0 bridgehead atoms. The molecule has 0 aliphatic carbocycles. The van der Waals surface area contributed by atoms with Crippen molar-refractivity contribution in [2.45, 2.75) is 13.8 Å². The molecule has 138 valence electrons. The fourth-order valence-electron chi connectivity index (χ4n) is 2.90. The Balaban J connectivity index is 2.02. The average molecular weight is 365 g/mol. The maximum atomic E-state index is 12.5. The molecule has 0 fully saturated rings. The van der Waals surface area contributed by atoms with Gasteiger partial charge in [0.25, 0.3) is 5.91 Å². The van der Waals surface area contributed by atoms with Crippen LogP contribution in [0.3, 0.4) is 0 Å². The predicted octanol–water partition coefficient (Wildman–Crippen LogP) is 3.10. The van der Waals surface area contributed by atoms with Crippen LogP contribution < -0.4 is 20.7 Å². The molecular weight excluding hydrogens is 346 g/mol. The highest BCUT2D eigenvalue weighted by atomic mass is 16.5. The largest absolute Gasteiger partial charge is 0.496 e. The minimum absolute atomic E-state index is 0.186. The predicted molar refractivity (Wildman–Crippen MR) is 105 cm³/mol. The Morgan fingerprint density at radius 3 is 2.26 bits per heavy atom. The summed E-state index contributed by atoms with van der Waals surface area (Å²) < 4.78 is 5.37. The molecule has 0 spiro atoms. The molecule has 0 unspecified atom stereocenters. The molecule has 0 atom stereocenters. The number of benzene rings is 2. The molecule has 1 aliphatic rings. The smallest absolute Gasteiger partial charge is 0.256 e. The maximum Gasteiger partial charge on any atom is 0.256 e. The minimum atomic E-state index is -0.253. The van der Waals surface area contributed by atoms with Crippen molar-refractivity contribution < 1.29 is 19.1 Å². The van der Waals surface area contributed by atoms with E-state index in [1.54, 1.807) is 42.5 Å². The van der Waals surface area contributed by atoms with Crippen molar-refractivity contribution in [1.82, 2.24) is 0 Å².